The molecule has 0 atom stereocenters. The quantitative estimate of drug-likeness (QED) is 0.454. The molecule has 1 radical (unpaired) electrons. The highest BCUT2D eigenvalue weighted by Gasteiger charge is 2.15. The fourth-order valence-corrected chi connectivity index (χ4v) is 0.416. The molecule has 0 saturated heterocycles. The van der Waals surface area contributed by atoms with E-state index in [-0.39, 0.29) is 6.54 Å². The topological polar surface area (TPSA) is 49.4 Å². The standard InChI is InChI=1S/C4H4NO3/c6-4(7)5-2-1-3-8-5/h1,3H,2H2. The van der Waals surface area contributed by atoms with Gasteiger partial charge in [-0.3, -0.25) is 0 Å². The molecule has 0 aromatic heterocycles. The summed E-state index contributed by atoms with van der Waals surface area (Å²) < 4.78 is 0. The average Bonchev–Trinajstić information content (AvgIpc) is 2.12. The third-order valence-electron chi connectivity index (χ3n) is 0.759. The van der Waals surface area contributed by atoms with Gasteiger partial charge < -0.3 is 4.84 Å². The van der Waals surface area contributed by atoms with Gasteiger partial charge in [0.2, 0.25) is 0 Å². The van der Waals surface area contributed by atoms with Gasteiger partial charge in [0, 0.05) is 0 Å². The first-order valence-electron chi connectivity index (χ1n) is 2.11. The van der Waals surface area contributed by atoms with E-state index in [9.17, 15) is 9.90 Å². The Morgan fingerprint density at radius 3 is 2.75 bits per heavy atom. The van der Waals surface area contributed by atoms with E-state index in [0.717, 1.165) is 5.06 Å². The van der Waals surface area contributed by atoms with Crippen LogP contribution in [0.5, 0.6) is 0 Å². The summed E-state index contributed by atoms with van der Waals surface area (Å²) in [6, 6.07) is 0. The van der Waals surface area contributed by atoms with Gasteiger partial charge in [-0.15, -0.1) is 5.06 Å². The van der Waals surface area contributed by atoms with Crippen LogP contribution in [0.2, 0.25) is 0 Å². The minimum atomic E-state index is -1.31. The summed E-state index contributed by atoms with van der Waals surface area (Å²) in [5.41, 5.74) is 0. The number of hydroxylamine groups is 2. The highest BCUT2D eigenvalue weighted by molar-refractivity contribution is 5.63. The Bertz CT molecular complexity index is 123. The van der Waals surface area contributed by atoms with Crippen LogP contribution in [0.1, 0.15) is 0 Å². The molecule has 0 saturated carbocycles. The minimum absolute atomic E-state index is 0.266. The molecule has 4 heteroatoms. The maximum Gasteiger partial charge on any atom is 0.485 e. The maximum absolute atomic E-state index is 9.85. The van der Waals surface area contributed by atoms with Crippen molar-refractivity contribution in [3.8, 4) is 0 Å². The van der Waals surface area contributed by atoms with Gasteiger partial charge in [0.25, 0.3) is 0 Å². The Morgan fingerprint density at radius 1 is 1.75 bits per heavy atom. The molecule has 1 rings (SSSR count). The van der Waals surface area contributed by atoms with E-state index in [1.165, 1.54) is 6.26 Å². The molecular weight excluding hydrogens is 110 g/mol. The van der Waals surface area contributed by atoms with E-state index >= 15 is 0 Å². The third kappa shape index (κ3) is 0.726. The zero-order valence-corrected chi connectivity index (χ0v) is 4.03. The first-order chi connectivity index (χ1) is 3.80. The van der Waals surface area contributed by atoms with Gasteiger partial charge in [0.15, 0.2) is 0 Å². The van der Waals surface area contributed by atoms with Gasteiger partial charge in [-0.2, -0.15) is 0 Å². The Kier molecular flexibility index (Phi) is 1.07. The van der Waals surface area contributed by atoms with Crippen molar-refractivity contribution < 1.29 is 14.7 Å². The largest absolute Gasteiger partial charge is 0.485 e. The van der Waals surface area contributed by atoms with Gasteiger partial charge in [-0.25, -0.2) is 9.90 Å². The SMILES string of the molecule is [O]C(=O)N1CC=CO1. The molecule has 4 nitrogen and oxygen atoms in total. The second-order valence-electron chi connectivity index (χ2n) is 1.30. The molecule has 0 aromatic carbocycles. The summed E-state index contributed by atoms with van der Waals surface area (Å²) in [6.45, 7) is 0.266. The predicted octanol–water partition coefficient (Wildman–Crippen LogP) is 0.298. The van der Waals surface area contributed by atoms with Crippen molar-refractivity contribution in [3.63, 3.8) is 0 Å². The summed E-state index contributed by atoms with van der Waals surface area (Å²) in [6.07, 6.45) is 1.57. The van der Waals surface area contributed by atoms with Crippen molar-refractivity contribution in [2.45, 2.75) is 0 Å². The molecule has 1 heterocycles. The number of hydrogen-bond acceptors (Lipinski definition) is 2. The smallest absolute Gasteiger partial charge is 0.382 e. The van der Waals surface area contributed by atoms with Crippen molar-refractivity contribution in [3.05, 3.63) is 12.3 Å². The lowest BCUT2D eigenvalue weighted by atomic mass is 10.6. The van der Waals surface area contributed by atoms with Crippen LogP contribution in [0.15, 0.2) is 12.3 Å². The highest BCUT2D eigenvalue weighted by Crippen LogP contribution is 1.99. The zero-order valence-electron chi connectivity index (χ0n) is 4.03. The molecule has 8 heavy (non-hydrogen) atoms. The minimum Gasteiger partial charge on any atom is -0.382 e. The second kappa shape index (κ2) is 1.73. The molecule has 0 fully saturated rings. The molecule has 43 valence electrons. The van der Waals surface area contributed by atoms with E-state index in [1.54, 1.807) is 6.08 Å². The molecule has 0 spiro atoms. The Balaban J connectivity index is 2.41. The van der Waals surface area contributed by atoms with E-state index in [2.05, 4.69) is 4.84 Å². The summed E-state index contributed by atoms with van der Waals surface area (Å²) in [4.78, 5) is 14.3. The van der Waals surface area contributed by atoms with Crippen LogP contribution in [0.25, 0.3) is 0 Å². The molecule has 0 aromatic rings. The third-order valence-corrected chi connectivity index (χ3v) is 0.759. The monoisotopic (exact) mass is 114 g/mol. The van der Waals surface area contributed by atoms with Gasteiger partial charge in [0.05, 0.1) is 6.54 Å². The van der Waals surface area contributed by atoms with Gasteiger partial charge in [0.1, 0.15) is 6.26 Å². The fourth-order valence-electron chi connectivity index (χ4n) is 0.416. The van der Waals surface area contributed by atoms with Crippen LogP contribution in [0.4, 0.5) is 4.79 Å². The molecule has 0 aliphatic carbocycles. The number of rotatable bonds is 0. The van der Waals surface area contributed by atoms with Gasteiger partial charge in [-0.1, -0.05) is 0 Å². The normalized spacial score (nSPS) is 16.2. The number of amides is 1. The lowest BCUT2D eigenvalue weighted by Gasteiger charge is -2.05. The van der Waals surface area contributed by atoms with Crippen LogP contribution >= 0.6 is 0 Å². The lowest BCUT2D eigenvalue weighted by molar-refractivity contribution is -0.0594. The summed E-state index contributed by atoms with van der Waals surface area (Å²) in [5.74, 6) is 0. The van der Waals surface area contributed by atoms with Crippen molar-refractivity contribution in [2.75, 3.05) is 6.54 Å². The van der Waals surface area contributed by atoms with Crippen LogP contribution < -0.4 is 0 Å². The predicted molar refractivity (Wildman–Crippen MR) is 23.0 cm³/mol. The van der Waals surface area contributed by atoms with E-state index in [0.29, 0.717) is 0 Å². The van der Waals surface area contributed by atoms with Gasteiger partial charge >= 0.3 is 6.09 Å². The maximum atomic E-state index is 9.85. The Morgan fingerprint density at radius 2 is 2.50 bits per heavy atom. The number of carbonyl (C=O) groups is 1. The Hall–Kier alpha value is -1.19. The van der Waals surface area contributed by atoms with Crippen LogP contribution in [0.3, 0.4) is 0 Å². The zero-order chi connectivity index (χ0) is 5.98. The fraction of sp³-hybridized carbons (Fsp3) is 0.250. The van der Waals surface area contributed by atoms with E-state index in [1.807, 2.05) is 0 Å². The number of carbonyl (C=O) groups excluding carboxylic acids is 1. The molecular formula is C4H4NO3. The van der Waals surface area contributed by atoms with Crippen molar-refractivity contribution >= 4 is 6.09 Å². The second-order valence-corrected chi connectivity index (χ2v) is 1.30. The summed E-state index contributed by atoms with van der Waals surface area (Å²) in [5, 5.41) is 10.6. The first-order valence-corrected chi connectivity index (χ1v) is 2.11. The molecule has 1 aliphatic heterocycles. The molecule has 1 aliphatic rings. The summed E-state index contributed by atoms with van der Waals surface area (Å²) in [7, 11) is 0. The van der Waals surface area contributed by atoms with Crippen molar-refractivity contribution in [2.24, 2.45) is 0 Å². The van der Waals surface area contributed by atoms with Crippen molar-refractivity contribution in [1.29, 1.82) is 0 Å². The average molecular weight is 114 g/mol. The van der Waals surface area contributed by atoms with Crippen LogP contribution in [-0.4, -0.2) is 17.7 Å². The van der Waals surface area contributed by atoms with Crippen LogP contribution in [0, 0.1) is 0 Å². The first kappa shape index (κ1) is 4.96. The van der Waals surface area contributed by atoms with E-state index in [4.69, 9.17) is 0 Å². The summed E-state index contributed by atoms with van der Waals surface area (Å²) >= 11 is 0. The molecule has 0 N–H and O–H groups in total. The van der Waals surface area contributed by atoms with Crippen LogP contribution in [-0.2, 0) is 9.94 Å². The van der Waals surface area contributed by atoms with E-state index < -0.39 is 6.09 Å². The van der Waals surface area contributed by atoms with Gasteiger partial charge in [-0.05, 0) is 6.08 Å². The van der Waals surface area contributed by atoms with Crippen molar-refractivity contribution in [1.82, 2.24) is 5.06 Å². The number of nitrogens with zero attached hydrogens (tertiary/aromatic N) is 1. The highest BCUT2D eigenvalue weighted by atomic mass is 16.7. The number of hydrogen-bond donors (Lipinski definition) is 0. The lowest BCUT2D eigenvalue weighted by Crippen LogP contribution is -2.23. The molecule has 0 bridgehead atoms. The molecule has 1 amide bonds. The Labute approximate surface area is 45.9 Å². The molecule has 0 unspecified atom stereocenters.